The molecule has 0 aromatic heterocycles. The maximum absolute atomic E-state index is 12.8. The number of carbonyl (C=O) groups is 2. The number of hydrogen-bond acceptors (Lipinski definition) is 6. The molecule has 3 rings (SSSR count). The molecule has 1 aromatic carbocycles. The van der Waals surface area contributed by atoms with E-state index in [0.29, 0.717) is 45.2 Å². The number of nitrogens with zero attached hydrogens (tertiary/aromatic N) is 2. The number of aliphatic hydroxyl groups excluding tert-OH is 1. The molecule has 2 amide bonds. The summed E-state index contributed by atoms with van der Waals surface area (Å²) in [5, 5.41) is 20.6. The van der Waals surface area contributed by atoms with E-state index in [1.165, 1.54) is 9.80 Å². The Bertz CT molecular complexity index is 957. The van der Waals surface area contributed by atoms with E-state index in [2.05, 4.69) is 10.0 Å². The first kappa shape index (κ1) is 24.9. The van der Waals surface area contributed by atoms with E-state index in [1.807, 2.05) is 30.3 Å². The van der Waals surface area contributed by atoms with Crippen molar-refractivity contribution in [2.75, 3.05) is 25.4 Å². The molecule has 2 fully saturated rings. The van der Waals surface area contributed by atoms with E-state index in [9.17, 15) is 23.1 Å². The first-order chi connectivity index (χ1) is 15.7. The lowest BCUT2D eigenvalue weighted by Gasteiger charge is -2.39. The Kier molecular flexibility index (Phi) is 8.27. The lowest BCUT2D eigenvalue weighted by Crippen LogP contribution is -2.60. The Hall–Kier alpha value is -2.70. The average Bonchev–Trinajstić information content (AvgIpc) is 2.77. The molecule has 2 aliphatic heterocycles. The Labute approximate surface area is 193 Å². The van der Waals surface area contributed by atoms with Crippen molar-refractivity contribution in [1.82, 2.24) is 19.8 Å². The summed E-state index contributed by atoms with van der Waals surface area (Å²) in [5.41, 5.74) is 6.36. The van der Waals surface area contributed by atoms with Gasteiger partial charge in [-0.1, -0.05) is 30.3 Å². The topological polar surface area (TPSA) is 169 Å². The number of nitrogens with one attached hydrogen (secondary N) is 3. The van der Waals surface area contributed by atoms with Crippen molar-refractivity contribution in [3.8, 4) is 0 Å². The maximum atomic E-state index is 12.8. The Morgan fingerprint density at radius 3 is 2.58 bits per heavy atom. The van der Waals surface area contributed by atoms with Gasteiger partial charge in [0.2, 0.25) is 21.8 Å². The molecule has 0 saturated carbocycles. The van der Waals surface area contributed by atoms with Gasteiger partial charge in [-0.2, -0.15) is 0 Å². The predicted molar refractivity (Wildman–Crippen MR) is 122 cm³/mol. The van der Waals surface area contributed by atoms with Crippen molar-refractivity contribution in [2.24, 2.45) is 5.73 Å². The SMILES string of the molecule is N=C(N)N1CCC[C@H](NC(=O)CN2CCC[C@@H](NS(=O)(=O)CCc3ccccc3)C2=O)C1O. The minimum Gasteiger partial charge on any atom is -0.371 e. The van der Waals surface area contributed by atoms with Gasteiger partial charge in [0.15, 0.2) is 5.96 Å². The third-order valence-electron chi connectivity index (χ3n) is 5.94. The molecule has 0 bridgehead atoms. The van der Waals surface area contributed by atoms with Gasteiger partial charge in [-0.15, -0.1) is 0 Å². The number of aryl methyl sites for hydroxylation is 1. The molecule has 2 heterocycles. The summed E-state index contributed by atoms with van der Waals surface area (Å²) in [6.45, 7) is 0.547. The van der Waals surface area contributed by atoms with Crippen LogP contribution in [0, 0.1) is 5.41 Å². The fraction of sp³-hybridized carbons (Fsp3) is 0.571. The number of aliphatic hydroxyl groups is 1. The van der Waals surface area contributed by atoms with E-state index in [1.54, 1.807) is 0 Å². The molecule has 0 spiro atoms. The first-order valence-electron chi connectivity index (χ1n) is 11.1. The molecule has 0 aliphatic carbocycles. The molecular formula is C21H32N6O5S. The van der Waals surface area contributed by atoms with Crippen molar-refractivity contribution in [3.63, 3.8) is 0 Å². The predicted octanol–water partition coefficient (Wildman–Crippen LogP) is -1.07. The molecule has 0 radical (unpaired) electrons. The smallest absolute Gasteiger partial charge is 0.241 e. The molecule has 1 unspecified atom stereocenters. The van der Waals surface area contributed by atoms with Crippen LogP contribution < -0.4 is 15.8 Å². The fourth-order valence-electron chi connectivity index (χ4n) is 4.19. The number of likely N-dealkylation sites (tertiary alicyclic amines) is 2. The van der Waals surface area contributed by atoms with E-state index in [-0.39, 0.29) is 18.3 Å². The van der Waals surface area contributed by atoms with Crippen molar-refractivity contribution < 1.29 is 23.1 Å². The minimum absolute atomic E-state index is 0.131. The normalized spacial score (nSPS) is 23.9. The standard InChI is InChI=1S/C21H32N6O5S/c22-21(23)27-12-5-8-16(20(27)30)24-18(28)14-26-11-4-9-17(19(26)29)25-33(31,32)13-10-15-6-2-1-3-7-15/h1-3,6-7,16-17,20,25,30H,4-5,8-14H2,(H3,22,23)(H,24,28)/t16-,17+,20?/m0/s1. The van der Waals surface area contributed by atoms with Crippen LogP contribution in [0.2, 0.25) is 0 Å². The molecule has 1 aromatic rings. The highest BCUT2D eigenvalue weighted by molar-refractivity contribution is 7.89. The van der Waals surface area contributed by atoms with Crippen molar-refractivity contribution >= 4 is 27.8 Å². The van der Waals surface area contributed by atoms with Gasteiger partial charge in [-0.25, -0.2) is 13.1 Å². The molecule has 2 saturated heterocycles. The highest BCUT2D eigenvalue weighted by Gasteiger charge is 2.35. The van der Waals surface area contributed by atoms with E-state index < -0.39 is 40.1 Å². The largest absolute Gasteiger partial charge is 0.371 e. The van der Waals surface area contributed by atoms with Crippen LogP contribution in [0.25, 0.3) is 0 Å². The Morgan fingerprint density at radius 2 is 1.88 bits per heavy atom. The van der Waals surface area contributed by atoms with Gasteiger partial charge in [-0.05, 0) is 37.7 Å². The summed E-state index contributed by atoms with van der Waals surface area (Å²) in [6.07, 6.45) is 1.34. The van der Waals surface area contributed by atoms with Gasteiger partial charge in [-0.3, -0.25) is 15.0 Å². The third-order valence-corrected chi connectivity index (χ3v) is 7.32. The highest BCUT2D eigenvalue weighted by Crippen LogP contribution is 2.16. The number of piperidine rings is 2. The number of benzene rings is 1. The second kappa shape index (κ2) is 10.9. The van der Waals surface area contributed by atoms with Crippen LogP contribution in [0.5, 0.6) is 0 Å². The van der Waals surface area contributed by atoms with Gasteiger partial charge in [0, 0.05) is 13.1 Å². The Balaban J connectivity index is 1.52. The van der Waals surface area contributed by atoms with Crippen LogP contribution in [0.3, 0.4) is 0 Å². The molecule has 182 valence electrons. The molecule has 6 N–H and O–H groups in total. The number of amides is 2. The monoisotopic (exact) mass is 480 g/mol. The summed E-state index contributed by atoms with van der Waals surface area (Å²) >= 11 is 0. The van der Waals surface area contributed by atoms with Crippen LogP contribution in [0.1, 0.15) is 31.2 Å². The van der Waals surface area contributed by atoms with Gasteiger partial charge in [0.1, 0.15) is 12.3 Å². The van der Waals surface area contributed by atoms with Crippen LogP contribution >= 0.6 is 0 Å². The average molecular weight is 481 g/mol. The zero-order valence-electron chi connectivity index (χ0n) is 18.4. The number of nitrogens with two attached hydrogens (primary N) is 1. The summed E-state index contributed by atoms with van der Waals surface area (Å²) < 4.78 is 27.5. The van der Waals surface area contributed by atoms with E-state index >= 15 is 0 Å². The van der Waals surface area contributed by atoms with Gasteiger partial charge in [0.25, 0.3) is 0 Å². The number of guanidine groups is 1. The maximum Gasteiger partial charge on any atom is 0.241 e. The second-order valence-electron chi connectivity index (χ2n) is 8.44. The minimum atomic E-state index is -3.68. The van der Waals surface area contributed by atoms with Crippen molar-refractivity contribution in [3.05, 3.63) is 35.9 Å². The van der Waals surface area contributed by atoms with Crippen LogP contribution in [0.4, 0.5) is 0 Å². The van der Waals surface area contributed by atoms with Crippen molar-refractivity contribution in [1.29, 1.82) is 5.41 Å². The zero-order valence-corrected chi connectivity index (χ0v) is 19.3. The molecule has 11 nitrogen and oxygen atoms in total. The van der Waals surface area contributed by atoms with Crippen LogP contribution in [0.15, 0.2) is 30.3 Å². The molecular weight excluding hydrogens is 448 g/mol. The van der Waals surface area contributed by atoms with Crippen LogP contribution in [-0.2, 0) is 26.0 Å². The van der Waals surface area contributed by atoms with Gasteiger partial charge in [0.05, 0.1) is 18.3 Å². The summed E-state index contributed by atoms with van der Waals surface area (Å²) in [7, 11) is -3.68. The number of carbonyl (C=O) groups excluding carboxylic acids is 2. The molecule has 3 atom stereocenters. The zero-order chi connectivity index (χ0) is 24.0. The third kappa shape index (κ3) is 6.89. The number of sulfonamides is 1. The van der Waals surface area contributed by atoms with Crippen LogP contribution in [-0.4, -0.2) is 84.8 Å². The summed E-state index contributed by atoms with van der Waals surface area (Å²) in [5.74, 6) is -1.29. The van der Waals surface area contributed by atoms with E-state index in [0.717, 1.165) is 5.56 Å². The van der Waals surface area contributed by atoms with Gasteiger partial charge >= 0.3 is 0 Å². The highest BCUT2D eigenvalue weighted by atomic mass is 32.2. The first-order valence-corrected chi connectivity index (χ1v) is 12.7. The van der Waals surface area contributed by atoms with Gasteiger partial charge < -0.3 is 26.0 Å². The lowest BCUT2D eigenvalue weighted by atomic mass is 10.0. The summed E-state index contributed by atoms with van der Waals surface area (Å²) in [4.78, 5) is 28.0. The quantitative estimate of drug-likeness (QED) is 0.233. The second-order valence-corrected chi connectivity index (χ2v) is 10.3. The lowest BCUT2D eigenvalue weighted by molar-refractivity contribution is -0.140. The fourth-order valence-corrected chi connectivity index (χ4v) is 5.47. The van der Waals surface area contributed by atoms with E-state index in [4.69, 9.17) is 11.1 Å². The molecule has 12 heteroatoms. The molecule has 33 heavy (non-hydrogen) atoms. The summed E-state index contributed by atoms with van der Waals surface area (Å²) in [6, 6.07) is 7.72. The van der Waals surface area contributed by atoms with Crippen molar-refractivity contribution in [2.45, 2.75) is 50.4 Å². The molecule has 2 aliphatic rings. The number of hydrogen-bond donors (Lipinski definition) is 5. The Morgan fingerprint density at radius 1 is 1.18 bits per heavy atom. The number of rotatable bonds is 8.